The molecular formula is C16H17N3O2. The van der Waals surface area contributed by atoms with Gasteiger partial charge in [-0.3, -0.25) is 10.1 Å². The van der Waals surface area contributed by atoms with Crippen LogP contribution in [0.15, 0.2) is 30.5 Å². The van der Waals surface area contributed by atoms with Crippen LogP contribution >= 0.6 is 0 Å². The lowest BCUT2D eigenvalue weighted by molar-refractivity contribution is -0.384. The number of nitro groups is 1. The topological polar surface area (TPSA) is 68.1 Å². The van der Waals surface area contributed by atoms with E-state index in [1.54, 1.807) is 0 Å². The predicted octanol–water partition coefficient (Wildman–Crippen LogP) is 3.75. The van der Waals surface area contributed by atoms with Crippen molar-refractivity contribution in [1.29, 1.82) is 0 Å². The van der Waals surface area contributed by atoms with E-state index in [2.05, 4.69) is 10.3 Å². The van der Waals surface area contributed by atoms with Crippen molar-refractivity contribution >= 4 is 22.3 Å². The van der Waals surface area contributed by atoms with E-state index in [1.165, 1.54) is 31.9 Å². The van der Waals surface area contributed by atoms with E-state index in [0.717, 1.165) is 23.4 Å². The normalized spacial score (nSPS) is 19.4. The Bertz CT molecular complexity index is 721. The van der Waals surface area contributed by atoms with Gasteiger partial charge in [0, 0.05) is 11.9 Å². The number of anilines is 1. The van der Waals surface area contributed by atoms with Crippen LogP contribution in [-0.4, -0.2) is 16.5 Å². The summed E-state index contributed by atoms with van der Waals surface area (Å²) >= 11 is 0. The van der Waals surface area contributed by atoms with Gasteiger partial charge in [0.05, 0.1) is 10.4 Å². The van der Waals surface area contributed by atoms with Gasteiger partial charge in [-0.05, 0) is 43.1 Å². The van der Waals surface area contributed by atoms with Crippen LogP contribution < -0.4 is 5.32 Å². The number of hydrogen-bond acceptors (Lipinski definition) is 4. The van der Waals surface area contributed by atoms with Gasteiger partial charge in [0.15, 0.2) is 0 Å². The number of hydrogen-bond donors (Lipinski definition) is 1. The van der Waals surface area contributed by atoms with Gasteiger partial charge in [0.2, 0.25) is 0 Å². The quantitative estimate of drug-likeness (QED) is 0.670. The molecule has 0 spiro atoms. The number of para-hydroxylation sites is 1. The standard InChI is InChI=1S/C16H17N3O2/c20-19(21)14-9-17-13-4-2-1-3-12(13)15(14)18-10-16(7-8-16)11-5-6-11/h1-4,9,11H,5-8,10H2,(H,17,18). The Labute approximate surface area is 122 Å². The second-order valence-corrected chi connectivity index (χ2v) is 6.28. The molecule has 0 radical (unpaired) electrons. The third-order valence-electron chi connectivity index (χ3n) is 4.90. The molecule has 2 saturated carbocycles. The van der Waals surface area contributed by atoms with Gasteiger partial charge >= 0.3 is 5.69 Å². The third kappa shape index (κ3) is 2.13. The van der Waals surface area contributed by atoms with E-state index >= 15 is 0 Å². The molecule has 2 aliphatic rings. The van der Waals surface area contributed by atoms with Crippen molar-refractivity contribution in [1.82, 2.24) is 4.98 Å². The van der Waals surface area contributed by atoms with E-state index in [9.17, 15) is 10.1 Å². The first-order chi connectivity index (χ1) is 10.2. The van der Waals surface area contributed by atoms with Crippen LogP contribution in [0.1, 0.15) is 25.7 Å². The smallest absolute Gasteiger partial charge is 0.311 e. The zero-order valence-electron chi connectivity index (χ0n) is 11.7. The average molecular weight is 283 g/mol. The van der Waals surface area contributed by atoms with Crippen molar-refractivity contribution in [2.45, 2.75) is 25.7 Å². The van der Waals surface area contributed by atoms with E-state index < -0.39 is 0 Å². The van der Waals surface area contributed by atoms with Gasteiger partial charge in [-0.1, -0.05) is 18.2 Å². The third-order valence-corrected chi connectivity index (χ3v) is 4.90. The minimum Gasteiger partial charge on any atom is -0.378 e. The molecule has 0 saturated heterocycles. The summed E-state index contributed by atoms with van der Waals surface area (Å²) in [6, 6.07) is 7.58. The number of aromatic nitrogens is 1. The summed E-state index contributed by atoms with van der Waals surface area (Å²) in [6.07, 6.45) is 6.51. The SMILES string of the molecule is O=[N+]([O-])c1cnc2ccccc2c1NCC1(C2CC2)CC1. The molecule has 21 heavy (non-hydrogen) atoms. The second kappa shape index (κ2) is 4.41. The molecule has 0 unspecified atom stereocenters. The van der Waals surface area contributed by atoms with Gasteiger partial charge in [0.25, 0.3) is 0 Å². The van der Waals surface area contributed by atoms with Gasteiger partial charge in [-0.2, -0.15) is 0 Å². The molecule has 1 N–H and O–H groups in total. The molecule has 0 amide bonds. The molecule has 2 aromatic rings. The van der Waals surface area contributed by atoms with Crippen LogP contribution in [0.5, 0.6) is 0 Å². The number of nitrogens with one attached hydrogen (secondary N) is 1. The number of nitrogens with zero attached hydrogens (tertiary/aromatic N) is 2. The highest BCUT2D eigenvalue weighted by Crippen LogP contribution is 2.61. The van der Waals surface area contributed by atoms with E-state index in [4.69, 9.17) is 0 Å². The van der Waals surface area contributed by atoms with Gasteiger partial charge in [-0.25, -0.2) is 4.98 Å². The number of benzene rings is 1. The lowest BCUT2D eigenvalue weighted by Crippen LogP contribution is -2.18. The maximum Gasteiger partial charge on any atom is 0.311 e. The molecule has 1 aromatic heterocycles. The molecule has 0 aliphatic heterocycles. The minimum absolute atomic E-state index is 0.0697. The van der Waals surface area contributed by atoms with Crippen molar-refractivity contribution in [3.63, 3.8) is 0 Å². The molecule has 4 rings (SSSR count). The maximum absolute atomic E-state index is 11.3. The van der Waals surface area contributed by atoms with Gasteiger partial charge in [-0.15, -0.1) is 0 Å². The molecule has 1 heterocycles. The summed E-state index contributed by atoms with van der Waals surface area (Å²) in [5.41, 5.74) is 1.89. The molecule has 5 nitrogen and oxygen atoms in total. The van der Waals surface area contributed by atoms with Crippen LogP contribution in [0.3, 0.4) is 0 Å². The minimum atomic E-state index is -0.349. The second-order valence-electron chi connectivity index (χ2n) is 6.28. The van der Waals surface area contributed by atoms with E-state index in [0.29, 0.717) is 11.1 Å². The highest BCUT2D eigenvalue weighted by Gasteiger charge is 2.53. The Morgan fingerprint density at radius 1 is 1.33 bits per heavy atom. The average Bonchev–Trinajstić information content (AvgIpc) is 3.37. The van der Waals surface area contributed by atoms with E-state index in [-0.39, 0.29) is 10.6 Å². The fourth-order valence-corrected chi connectivity index (χ4v) is 3.31. The Balaban J connectivity index is 1.71. The van der Waals surface area contributed by atoms with Crippen LogP contribution in [-0.2, 0) is 0 Å². The van der Waals surface area contributed by atoms with Crippen LogP contribution in [0.2, 0.25) is 0 Å². The summed E-state index contributed by atoms with van der Waals surface area (Å²) in [4.78, 5) is 15.1. The van der Waals surface area contributed by atoms with E-state index in [1.807, 2.05) is 24.3 Å². The Kier molecular flexibility index (Phi) is 2.64. The number of fused-ring (bicyclic) bond motifs is 1. The molecule has 108 valence electrons. The lowest BCUT2D eigenvalue weighted by atomic mass is 10.0. The first kappa shape index (κ1) is 12.6. The Morgan fingerprint density at radius 2 is 2.10 bits per heavy atom. The summed E-state index contributed by atoms with van der Waals surface area (Å²) < 4.78 is 0. The summed E-state index contributed by atoms with van der Waals surface area (Å²) in [7, 11) is 0. The summed E-state index contributed by atoms with van der Waals surface area (Å²) in [5, 5.41) is 15.5. The van der Waals surface area contributed by atoms with Crippen molar-refractivity contribution < 1.29 is 4.92 Å². The first-order valence-electron chi connectivity index (χ1n) is 7.46. The Hall–Kier alpha value is -2.17. The number of rotatable bonds is 5. The van der Waals surface area contributed by atoms with Crippen LogP contribution in [0.4, 0.5) is 11.4 Å². The van der Waals surface area contributed by atoms with Gasteiger partial charge < -0.3 is 5.32 Å². The monoisotopic (exact) mass is 283 g/mol. The molecule has 0 atom stereocenters. The highest BCUT2D eigenvalue weighted by molar-refractivity contribution is 5.95. The summed E-state index contributed by atoms with van der Waals surface area (Å²) in [5.74, 6) is 0.831. The van der Waals surface area contributed by atoms with Crippen molar-refractivity contribution in [2.24, 2.45) is 11.3 Å². The van der Waals surface area contributed by atoms with Crippen LogP contribution in [0.25, 0.3) is 10.9 Å². The first-order valence-corrected chi connectivity index (χ1v) is 7.46. The maximum atomic E-state index is 11.3. The highest BCUT2D eigenvalue weighted by atomic mass is 16.6. The van der Waals surface area contributed by atoms with Gasteiger partial charge in [0.1, 0.15) is 11.9 Å². The van der Waals surface area contributed by atoms with Crippen LogP contribution in [0, 0.1) is 21.4 Å². The largest absolute Gasteiger partial charge is 0.378 e. The fourth-order valence-electron chi connectivity index (χ4n) is 3.31. The molecule has 2 fully saturated rings. The van der Waals surface area contributed by atoms with Crippen molar-refractivity contribution in [3.8, 4) is 0 Å². The Morgan fingerprint density at radius 3 is 2.76 bits per heavy atom. The van der Waals surface area contributed by atoms with Crippen molar-refractivity contribution in [2.75, 3.05) is 11.9 Å². The lowest BCUT2D eigenvalue weighted by Gasteiger charge is -2.17. The molecule has 2 aliphatic carbocycles. The molecular weight excluding hydrogens is 266 g/mol. The molecule has 0 bridgehead atoms. The molecule has 5 heteroatoms. The zero-order valence-corrected chi connectivity index (χ0v) is 11.7. The van der Waals surface area contributed by atoms with Crippen molar-refractivity contribution in [3.05, 3.63) is 40.6 Å². The molecule has 1 aromatic carbocycles. The zero-order chi connectivity index (χ0) is 14.4. The predicted molar refractivity (Wildman–Crippen MR) is 81.3 cm³/mol. The number of pyridine rings is 1. The summed E-state index contributed by atoms with van der Waals surface area (Å²) in [6.45, 7) is 0.840. The fraction of sp³-hybridized carbons (Fsp3) is 0.438.